The molecule has 0 atom stereocenters. The van der Waals surface area contributed by atoms with Gasteiger partial charge in [0.25, 0.3) is 5.56 Å². The number of pyridine rings is 1. The second-order valence-electron chi connectivity index (χ2n) is 7.88. The number of hydrogen-bond donors (Lipinski definition) is 2. The molecule has 0 fully saturated rings. The van der Waals surface area contributed by atoms with Gasteiger partial charge in [0.2, 0.25) is 0 Å². The fourth-order valence-electron chi connectivity index (χ4n) is 3.78. The van der Waals surface area contributed by atoms with Gasteiger partial charge in [-0.15, -0.1) is 0 Å². The highest BCUT2D eigenvalue weighted by Gasteiger charge is 2.24. The molecule has 174 valence electrons. The SMILES string of the molecule is Cc1c(O)c(OCc2ccccc2)c(-c2ccccc2OCc2ccccc2)n(CCO)c1=O. The number of ether oxygens (including phenoxy) is 2. The van der Waals surface area contributed by atoms with Crippen LogP contribution < -0.4 is 15.0 Å². The van der Waals surface area contributed by atoms with Crippen LogP contribution in [-0.4, -0.2) is 21.4 Å². The third-order valence-corrected chi connectivity index (χ3v) is 5.55. The van der Waals surface area contributed by atoms with Crippen molar-refractivity contribution in [3.8, 4) is 28.5 Å². The van der Waals surface area contributed by atoms with Crippen LogP contribution in [0.2, 0.25) is 0 Å². The minimum absolute atomic E-state index is 0.0456. The van der Waals surface area contributed by atoms with E-state index in [2.05, 4.69) is 0 Å². The van der Waals surface area contributed by atoms with Crippen LogP contribution in [0.5, 0.6) is 17.2 Å². The molecule has 0 saturated heterocycles. The number of aromatic nitrogens is 1. The molecule has 0 aliphatic rings. The van der Waals surface area contributed by atoms with Crippen LogP contribution in [0.15, 0.2) is 89.7 Å². The average Bonchev–Trinajstić information content (AvgIpc) is 2.88. The molecule has 34 heavy (non-hydrogen) atoms. The van der Waals surface area contributed by atoms with Gasteiger partial charge in [0.15, 0.2) is 11.5 Å². The molecule has 0 aliphatic heterocycles. The first-order chi connectivity index (χ1) is 16.6. The molecule has 0 spiro atoms. The highest BCUT2D eigenvalue weighted by molar-refractivity contribution is 5.76. The number of aromatic hydroxyl groups is 1. The van der Waals surface area contributed by atoms with Gasteiger partial charge in [-0.1, -0.05) is 72.8 Å². The molecule has 1 aromatic heterocycles. The molecular weight excluding hydrogens is 430 g/mol. The van der Waals surface area contributed by atoms with E-state index in [0.717, 1.165) is 11.1 Å². The lowest BCUT2D eigenvalue weighted by molar-refractivity contribution is 0.265. The number of aliphatic hydroxyl groups excluding tert-OH is 1. The zero-order valence-electron chi connectivity index (χ0n) is 19.0. The lowest BCUT2D eigenvalue weighted by Gasteiger charge is -2.22. The van der Waals surface area contributed by atoms with Crippen molar-refractivity contribution in [2.45, 2.75) is 26.7 Å². The van der Waals surface area contributed by atoms with Crippen molar-refractivity contribution in [1.82, 2.24) is 4.57 Å². The molecule has 0 radical (unpaired) electrons. The van der Waals surface area contributed by atoms with Gasteiger partial charge in [0, 0.05) is 12.1 Å². The van der Waals surface area contributed by atoms with Gasteiger partial charge >= 0.3 is 0 Å². The summed E-state index contributed by atoms with van der Waals surface area (Å²) in [5, 5.41) is 20.6. The molecule has 0 saturated carbocycles. The summed E-state index contributed by atoms with van der Waals surface area (Å²) in [6.45, 7) is 1.88. The Kier molecular flexibility index (Phi) is 7.30. The zero-order chi connectivity index (χ0) is 23.9. The van der Waals surface area contributed by atoms with E-state index in [4.69, 9.17) is 9.47 Å². The van der Waals surface area contributed by atoms with Crippen LogP contribution in [0, 0.1) is 6.92 Å². The van der Waals surface area contributed by atoms with Crippen molar-refractivity contribution in [1.29, 1.82) is 0 Å². The van der Waals surface area contributed by atoms with Gasteiger partial charge in [0.1, 0.15) is 24.7 Å². The van der Waals surface area contributed by atoms with Crippen molar-refractivity contribution in [3.05, 3.63) is 112 Å². The van der Waals surface area contributed by atoms with E-state index in [1.54, 1.807) is 6.92 Å². The molecular formula is C28H27NO5. The Hall–Kier alpha value is -4.03. The highest BCUT2D eigenvalue weighted by atomic mass is 16.5. The zero-order valence-corrected chi connectivity index (χ0v) is 19.0. The number of hydrogen-bond acceptors (Lipinski definition) is 5. The summed E-state index contributed by atoms with van der Waals surface area (Å²) >= 11 is 0. The maximum atomic E-state index is 13.1. The Bertz CT molecular complexity index is 1300. The van der Waals surface area contributed by atoms with E-state index < -0.39 is 5.56 Å². The predicted molar refractivity (Wildman–Crippen MR) is 131 cm³/mol. The largest absolute Gasteiger partial charge is 0.504 e. The first-order valence-electron chi connectivity index (χ1n) is 11.1. The number of nitrogens with zero attached hydrogens (tertiary/aromatic N) is 1. The Morgan fingerprint density at radius 3 is 1.97 bits per heavy atom. The summed E-state index contributed by atoms with van der Waals surface area (Å²) in [6, 6.07) is 26.6. The number of para-hydroxylation sites is 1. The summed E-state index contributed by atoms with van der Waals surface area (Å²) in [5.74, 6) is 0.485. The van der Waals surface area contributed by atoms with E-state index in [1.807, 2.05) is 84.9 Å². The Labute approximate surface area is 198 Å². The van der Waals surface area contributed by atoms with E-state index in [0.29, 0.717) is 23.6 Å². The fourth-order valence-corrected chi connectivity index (χ4v) is 3.78. The lowest BCUT2D eigenvalue weighted by atomic mass is 10.1. The van der Waals surface area contributed by atoms with Crippen LogP contribution >= 0.6 is 0 Å². The molecule has 6 nitrogen and oxygen atoms in total. The van der Waals surface area contributed by atoms with Crippen LogP contribution in [-0.2, 0) is 19.8 Å². The monoisotopic (exact) mass is 457 g/mol. The summed E-state index contributed by atoms with van der Waals surface area (Å²) < 4.78 is 13.7. The molecule has 0 aliphatic carbocycles. The van der Waals surface area contributed by atoms with Crippen molar-refractivity contribution >= 4 is 0 Å². The van der Waals surface area contributed by atoms with E-state index >= 15 is 0 Å². The smallest absolute Gasteiger partial charge is 0.257 e. The van der Waals surface area contributed by atoms with E-state index in [-0.39, 0.29) is 36.8 Å². The Morgan fingerprint density at radius 2 is 1.35 bits per heavy atom. The van der Waals surface area contributed by atoms with E-state index in [1.165, 1.54) is 4.57 Å². The topological polar surface area (TPSA) is 80.9 Å². The molecule has 0 amide bonds. The predicted octanol–water partition coefficient (Wildman–Crippen LogP) is 4.68. The molecule has 3 aromatic carbocycles. The van der Waals surface area contributed by atoms with Gasteiger partial charge in [-0.05, 0) is 30.2 Å². The third kappa shape index (κ3) is 4.97. The molecule has 0 bridgehead atoms. The first kappa shape index (κ1) is 23.1. The first-order valence-corrected chi connectivity index (χ1v) is 11.1. The maximum absolute atomic E-state index is 13.1. The molecule has 4 rings (SSSR count). The van der Waals surface area contributed by atoms with Gasteiger partial charge in [-0.25, -0.2) is 0 Å². The second-order valence-corrected chi connectivity index (χ2v) is 7.88. The molecule has 1 heterocycles. The van der Waals surface area contributed by atoms with Crippen molar-refractivity contribution < 1.29 is 19.7 Å². The van der Waals surface area contributed by atoms with Crippen molar-refractivity contribution in [2.24, 2.45) is 0 Å². The van der Waals surface area contributed by atoms with E-state index in [9.17, 15) is 15.0 Å². The minimum Gasteiger partial charge on any atom is -0.504 e. The minimum atomic E-state index is -0.397. The molecule has 2 N–H and O–H groups in total. The normalized spacial score (nSPS) is 10.8. The fraction of sp³-hybridized carbons (Fsp3) is 0.179. The highest BCUT2D eigenvalue weighted by Crippen LogP contribution is 2.42. The van der Waals surface area contributed by atoms with Gasteiger partial charge < -0.3 is 24.3 Å². The van der Waals surface area contributed by atoms with Crippen molar-refractivity contribution in [3.63, 3.8) is 0 Å². The number of aliphatic hydroxyl groups is 1. The third-order valence-electron chi connectivity index (χ3n) is 5.55. The lowest BCUT2D eigenvalue weighted by Crippen LogP contribution is -2.26. The van der Waals surface area contributed by atoms with Gasteiger partial charge in [-0.3, -0.25) is 4.79 Å². The van der Waals surface area contributed by atoms with Crippen molar-refractivity contribution in [2.75, 3.05) is 6.61 Å². The standard InChI is InChI=1S/C28H27NO5/c1-20-26(31)27(34-19-22-12-6-3-7-13-22)25(29(16-17-30)28(20)32)23-14-8-9-15-24(23)33-18-21-10-4-2-5-11-21/h2-15,30-31H,16-19H2,1H3. The van der Waals surface area contributed by atoms with Crippen LogP contribution in [0.1, 0.15) is 16.7 Å². The van der Waals surface area contributed by atoms with Crippen LogP contribution in [0.25, 0.3) is 11.3 Å². The van der Waals surface area contributed by atoms with Gasteiger partial charge in [0.05, 0.1) is 12.2 Å². The Balaban J connectivity index is 1.82. The van der Waals surface area contributed by atoms with Crippen LogP contribution in [0.3, 0.4) is 0 Å². The van der Waals surface area contributed by atoms with Gasteiger partial charge in [-0.2, -0.15) is 0 Å². The second kappa shape index (κ2) is 10.7. The average molecular weight is 458 g/mol. The maximum Gasteiger partial charge on any atom is 0.257 e. The summed E-state index contributed by atoms with van der Waals surface area (Å²) in [7, 11) is 0. The Morgan fingerprint density at radius 1 is 0.794 bits per heavy atom. The molecule has 6 heteroatoms. The summed E-state index contributed by atoms with van der Waals surface area (Å²) in [4.78, 5) is 13.1. The number of rotatable bonds is 9. The molecule has 0 unspecified atom stereocenters. The van der Waals surface area contributed by atoms with Crippen LogP contribution in [0.4, 0.5) is 0 Å². The number of benzene rings is 3. The summed E-state index contributed by atoms with van der Waals surface area (Å²) in [6.07, 6.45) is 0. The summed E-state index contributed by atoms with van der Waals surface area (Å²) in [5.41, 5.74) is 2.62. The molecule has 4 aromatic rings. The quantitative estimate of drug-likeness (QED) is 0.381.